The molecule has 0 bridgehead atoms. The van der Waals surface area contributed by atoms with Gasteiger partial charge in [0.25, 0.3) is 5.22 Å². The van der Waals surface area contributed by atoms with Gasteiger partial charge in [0.1, 0.15) is 11.5 Å². The van der Waals surface area contributed by atoms with E-state index < -0.39 is 21.6 Å². The van der Waals surface area contributed by atoms with Gasteiger partial charge in [0, 0.05) is 12.6 Å². The van der Waals surface area contributed by atoms with Crippen LogP contribution in [-0.4, -0.2) is 42.9 Å². The summed E-state index contributed by atoms with van der Waals surface area (Å²) in [6, 6.07) is 5.74. The summed E-state index contributed by atoms with van der Waals surface area (Å²) in [6.07, 6.45) is 0. The van der Waals surface area contributed by atoms with E-state index >= 15 is 0 Å². The fourth-order valence-corrected chi connectivity index (χ4v) is 3.61. The molecule has 2 rings (SSSR count). The van der Waals surface area contributed by atoms with Crippen molar-refractivity contribution in [1.29, 1.82) is 0 Å². The van der Waals surface area contributed by atoms with E-state index in [-0.39, 0.29) is 34.3 Å². The van der Waals surface area contributed by atoms with Gasteiger partial charge in [0.15, 0.2) is 9.84 Å². The van der Waals surface area contributed by atoms with Gasteiger partial charge in [-0.25, -0.2) is 8.42 Å². The lowest BCUT2D eigenvalue weighted by atomic mass is 10.3. The number of carbonyl (C=O) groups excluding carboxylic acids is 2. The van der Waals surface area contributed by atoms with E-state index in [1.165, 1.54) is 31.2 Å². The van der Waals surface area contributed by atoms with E-state index in [1.807, 2.05) is 0 Å². The van der Waals surface area contributed by atoms with E-state index in [2.05, 4.69) is 15.5 Å². The Labute approximate surface area is 154 Å². The maximum absolute atomic E-state index is 12.4. The first-order valence-electron chi connectivity index (χ1n) is 7.51. The molecule has 2 aromatic rings. The Kier molecular flexibility index (Phi) is 6.75. The molecule has 1 amide bonds. The minimum absolute atomic E-state index is 0.00711. The summed E-state index contributed by atoms with van der Waals surface area (Å²) < 4.78 is 34.8. The predicted octanol–water partition coefficient (Wildman–Crippen LogP) is 1.66. The second-order valence-corrected chi connectivity index (χ2v) is 7.94. The highest BCUT2D eigenvalue weighted by Gasteiger charge is 2.20. The summed E-state index contributed by atoms with van der Waals surface area (Å²) in [5, 5.41) is 10.0. The molecule has 1 heterocycles. The largest absolute Gasteiger partial charge is 0.465 e. The van der Waals surface area contributed by atoms with Crippen LogP contribution in [0.15, 0.2) is 38.8 Å². The van der Waals surface area contributed by atoms with Gasteiger partial charge in [0.05, 0.1) is 11.5 Å². The lowest BCUT2D eigenvalue weighted by Crippen LogP contribution is -2.07. The van der Waals surface area contributed by atoms with E-state index in [0.29, 0.717) is 5.69 Å². The Bertz CT molecular complexity index is 877. The molecular weight excluding hydrogens is 382 g/mol. The number of sulfone groups is 1. The smallest absolute Gasteiger partial charge is 0.316 e. The first kappa shape index (κ1) is 19.9. The van der Waals surface area contributed by atoms with Gasteiger partial charge in [-0.1, -0.05) is 11.8 Å². The standard InChI is InChI=1S/C15H17N3O6S2/c1-3-23-14(20)8-25-15-18-17-13(24-15)9-26(21,22)12-6-4-11(5-7-12)16-10(2)19/h4-7H,3,8-9H2,1-2H3,(H,16,19). The number of carbonyl (C=O) groups is 2. The zero-order valence-electron chi connectivity index (χ0n) is 14.1. The Morgan fingerprint density at radius 1 is 1.23 bits per heavy atom. The molecule has 1 N–H and O–H groups in total. The molecule has 140 valence electrons. The van der Waals surface area contributed by atoms with Crippen LogP contribution in [0.3, 0.4) is 0 Å². The number of thioether (sulfide) groups is 1. The summed E-state index contributed by atoms with van der Waals surface area (Å²) >= 11 is 0.969. The molecule has 0 unspecified atom stereocenters. The number of anilines is 1. The molecule has 1 aromatic heterocycles. The third-order valence-corrected chi connectivity index (χ3v) is 5.32. The number of hydrogen-bond donors (Lipinski definition) is 1. The summed E-state index contributed by atoms with van der Waals surface area (Å²) in [7, 11) is -3.69. The fourth-order valence-electron chi connectivity index (χ4n) is 1.87. The number of nitrogens with zero attached hydrogens (tertiary/aromatic N) is 2. The Hall–Kier alpha value is -2.40. The van der Waals surface area contributed by atoms with Crippen LogP contribution in [0.5, 0.6) is 0 Å². The minimum Gasteiger partial charge on any atom is -0.465 e. The van der Waals surface area contributed by atoms with E-state index in [1.54, 1.807) is 6.92 Å². The van der Waals surface area contributed by atoms with Crippen molar-refractivity contribution >= 4 is 39.2 Å². The van der Waals surface area contributed by atoms with Gasteiger partial charge >= 0.3 is 5.97 Å². The molecule has 0 radical (unpaired) electrons. The number of benzene rings is 1. The molecule has 0 saturated carbocycles. The molecule has 0 saturated heterocycles. The lowest BCUT2D eigenvalue weighted by Gasteiger charge is -2.04. The van der Waals surface area contributed by atoms with Crippen LogP contribution in [0.1, 0.15) is 19.7 Å². The number of rotatable bonds is 8. The maximum atomic E-state index is 12.4. The van der Waals surface area contributed by atoms with Gasteiger partial charge in [-0.05, 0) is 31.2 Å². The lowest BCUT2D eigenvalue weighted by molar-refractivity contribution is -0.139. The topological polar surface area (TPSA) is 128 Å². The second-order valence-electron chi connectivity index (χ2n) is 5.02. The van der Waals surface area contributed by atoms with Crippen LogP contribution < -0.4 is 5.32 Å². The van der Waals surface area contributed by atoms with Crippen LogP contribution in [0.25, 0.3) is 0 Å². The SMILES string of the molecule is CCOC(=O)CSc1nnc(CS(=O)(=O)c2ccc(NC(C)=O)cc2)o1. The van der Waals surface area contributed by atoms with Crippen LogP contribution in [0, 0.1) is 0 Å². The number of hydrogen-bond acceptors (Lipinski definition) is 9. The monoisotopic (exact) mass is 399 g/mol. The van der Waals surface area contributed by atoms with Crippen LogP contribution >= 0.6 is 11.8 Å². The van der Waals surface area contributed by atoms with Crippen molar-refractivity contribution in [1.82, 2.24) is 10.2 Å². The number of aromatic nitrogens is 2. The predicted molar refractivity (Wildman–Crippen MR) is 93.3 cm³/mol. The molecule has 0 spiro atoms. The molecule has 11 heteroatoms. The van der Waals surface area contributed by atoms with Crippen molar-refractivity contribution in [3.05, 3.63) is 30.2 Å². The summed E-state index contributed by atoms with van der Waals surface area (Å²) in [6.45, 7) is 3.33. The third kappa shape index (κ3) is 5.85. The molecular formula is C15H17N3O6S2. The van der Waals surface area contributed by atoms with Crippen LogP contribution in [0.4, 0.5) is 5.69 Å². The van der Waals surface area contributed by atoms with Crippen molar-refractivity contribution in [3.63, 3.8) is 0 Å². The summed E-state index contributed by atoms with van der Waals surface area (Å²) in [5.74, 6) is -1.24. The number of amides is 1. The quantitative estimate of drug-likeness (QED) is 0.520. The fraction of sp³-hybridized carbons (Fsp3) is 0.333. The minimum atomic E-state index is -3.69. The molecule has 0 aliphatic carbocycles. The maximum Gasteiger partial charge on any atom is 0.316 e. The van der Waals surface area contributed by atoms with Gasteiger partial charge in [0.2, 0.25) is 11.8 Å². The van der Waals surface area contributed by atoms with Gasteiger partial charge < -0.3 is 14.5 Å². The molecule has 0 fully saturated rings. The molecule has 0 atom stereocenters. The normalized spacial score (nSPS) is 11.2. The zero-order chi connectivity index (χ0) is 19.2. The Balaban J connectivity index is 2.00. The Morgan fingerprint density at radius 3 is 2.54 bits per heavy atom. The summed E-state index contributed by atoms with van der Waals surface area (Å²) in [4.78, 5) is 22.3. The average Bonchev–Trinajstić information content (AvgIpc) is 3.00. The van der Waals surface area contributed by atoms with Crippen molar-refractivity contribution in [3.8, 4) is 0 Å². The highest BCUT2D eigenvalue weighted by atomic mass is 32.2. The molecule has 0 aliphatic rings. The number of nitrogens with one attached hydrogen (secondary N) is 1. The van der Waals surface area contributed by atoms with Crippen molar-refractivity contribution in [2.75, 3.05) is 17.7 Å². The Morgan fingerprint density at radius 2 is 1.92 bits per heavy atom. The summed E-state index contributed by atoms with van der Waals surface area (Å²) in [5.41, 5.74) is 0.492. The van der Waals surface area contributed by atoms with Crippen molar-refractivity contribution < 1.29 is 27.2 Å². The highest BCUT2D eigenvalue weighted by Crippen LogP contribution is 2.21. The van der Waals surface area contributed by atoms with Crippen LogP contribution in [0.2, 0.25) is 0 Å². The van der Waals surface area contributed by atoms with Crippen molar-refractivity contribution in [2.45, 2.75) is 29.7 Å². The highest BCUT2D eigenvalue weighted by molar-refractivity contribution is 7.99. The molecule has 1 aromatic carbocycles. The average molecular weight is 399 g/mol. The van der Waals surface area contributed by atoms with Gasteiger partial charge in [-0.3, -0.25) is 9.59 Å². The molecule has 9 nitrogen and oxygen atoms in total. The van der Waals surface area contributed by atoms with E-state index in [9.17, 15) is 18.0 Å². The number of esters is 1. The molecule has 0 aliphatic heterocycles. The molecule has 26 heavy (non-hydrogen) atoms. The first-order valence-corrected chi connectivity index (χ1v) is 10.1. The van der Waals surface area contributed by atoms with Crippen molar-refractivity contribution in [2.24, 2.45) is 0 Å². The van der Waals surface area contributed by atoms with Gasteiger partial charge in [-0.2, -0.15) is 0 Å². The van der Waals surface area contributed by atoms with E-state index in [4.69, 9.17) is 9.15 Å². The van der Waals surface area contributed by atoms with E-state index in [0.717, 1.165) is 11.8 Å². The second kappa shape index (κ2) is 8.81. The van der Waals surface area contributed by atoms with Crippen LogP contribution in [-0.2, 0) is 29.9 Å². The zero-order valence-corrected chi connectivity index (χ0v) is 15.7. The van der Waals surface area contributed by atoms with Gasteiger partial charge in [-0.15, -0.1) is 10.2 Å². The number of ether oxygens (including phenoxy) is 1. The first-order chi connectivity index (χ1) is 12.3. The third-order valence-electron chi connectivity index (χ3n) is 2.91.